The molecule has 0 saturated carbocycles. The van der Waals surface area contributed by atoms with Gasteiger partial charge in [0.2, 0.25) is 5.82 Å². The lowest BCUT2D eigenvalue weighted by molar-refractivity contribution is 0.598. The third kappa shape index (κ3) is 3.19. The minimum absolute atomic E-state index is 0.00126. The highest BCUT2D eigenvalue weighted by Gasteiger charge is 2.15. The Hall–Kier alpha value is -2.81. The molecule has 0 saturated heterocycles. The van der Waals surface area contributed by atoms with Gasteiger partial charge in [-0.05, 0) is 60.2 Å². The Kier molecular flexibility index (Phi) is 3.78. The first kappa shape index (κ1) is 15.1. The Labute approximate surface area is 131 Å². The lowest BCUT2D eigenvalue weighted by atomic mass is 10.2. The molecular formula is C14H12FN5O2S. The summed E-state index contributed by atoms with van der Waals surface area (Å²) in [6, 6.07) is 10.1. The van der Waals surface area contributed by atoms with E-state index in [0.717, 1.165) is 6.07 Å². The summed E-state index contributed by atoms with van der Waals surface area (Å²) in [5, 5.41) is 13.5. The highest BCUT2D eigenvalue weighted by molar-refractivity contribution is 7.92. The fourth-order valence-electron chi connectivity index (χ4n) is 1.97. The molecule has 0 aliphatic heterocycles. The number of benzene rings is 2. The van der Waals surface area contributed by atoms with E-state index in [-0.39, 0.29) is 10.5 Å². The zero-order valence-electron chi connectivity index (χ0n) is 12.0. The van der Waals surface area contributed by atoms with Crippen molar-refractivity contribution in [3.05, 3.63) is 53.8 Å². The predicted molar refractivity (Wildman–Crippen MR) is 81.6 cm³/mol. The van der Waals surface area contributed by atoms with Gasteiger partial charge in [-0.15, -0.1) is 10.2 Å². The molecule has 0 aliphatic carbocycles. The molecule has 1 heterocycles. The van der Waals surface area contributed by atoms with Crippen molar-refractivity contribution in [3.63, 3.8) is 0 Å². The molecule has 1 aromatic heterocycles. The third-order valence-electron chi connectivity index (χ3n) is 3.18. The molecule has 0 fully saturated rings. The minimum Gasteiger partial charge on any atom is -0.280 e. The molecular weight excluding hydrogens is 321 g/mol. The van der Waals surface area contributed by atoms with E-state index in [9.17, 15) is 12.8 Å². The second-order valence-corrected chi connectivity index (χ2v) is 6.51. The van der Waals surface area contributed by atoms with E-state index in [2.05, 4.69) is 25.3 Å². The molecule has 118 valence electrons. The van der Waals surface area contributed by atoms with Gasteiger partial charge in [0, 0.05) is 11.3 Å². The van der Waals surface area contributed by atoms with Crippen LogP contribution in [0.4, 0.5) is 10.1 Å². The monoisotopic (exact) mass is 333 g/mol. The van der Waals surface area contributed by atoms with Crippen molar-refractivity contribution in [1.29, 1.82) is 0 Å². The number of aromatic amines is 1. The van der Waals surface area contributed by atoms with Crippen molar-refractivity contribution in [2.45, 2.75) is 11.8 Å². The number of halogens is 1. The van der Waals surface area contributed by atoms with Gasteiger partial charge in [-0.2, -0.15) is 5.21 Å². The fraction of sp³-hybridized carbons (Fsp3) is 0.0714. The van der Waals surface area contributed by atoms with Gasteiger partial charge in [0.1, 0.15) is 5.82 Å². The largest absolute Gasteiger partial charge is 0.280 e. The van der Waals surface area contributed by atoms with Crippen LogP contribution in [0.1, 0.15) is 5.56 Å². The van der Waals surface area contributed by atoms with E-state index in [1.807, 2.05) is 0 Å². The fourth-order valence-corrected chi connectivity index (χ4v) is 3.11. The molecule has 3 rings (SSSR count). The summed E-state index contributed by atoms with van der Waals surface area (Å²) < 4.78 is 40.3. The molecule has 0 amide bonds. The smallest absolute Gasteiger partial charge is 0.261 e. The second kappa shape index (κ2) is 5.76. The van der Waals surface area contributed by atoms with Crippen LogP contribution >= 0.6 is 0 Å². The second-order valence-electron chi connectivity index (χ2n) is 4.83. The van der Waals surface area contributed by atoms with Crippen LogP contribution in [-0.2, 0) is 10.0 Å². The Morgan fingerprint density at radius 3 is 2.48 bits per heavy atom. The number of rotatable bonds is 4. The van der Waals surface area contributed by atoms with Gasteiger partial charge in [-0.1, -0.05) is 0 Å². The molecule has 9 heteroatoms. The zero-order valence-corrected chi connectivity index (χ0v) is 12.8. The lowest BCUT2D eigenvalue weighted by Gasteiger charge is -2.09. The number of anilines is 1. The molecule has 0 radical (unpaired) electrons. The van der Waals surface area contributed by atoms with Gasteiger partial charge >= 0.3 is 0 Å². The normalized spacial score (nSPS) is 11.4. The Morgan fingerprint density at radius 1 is 1.13 bits per heavy atom. The van der Waals surface area contributed by atoms with Crippen molar-refractivity contribution in [3.8, 4) is 11.4 Å². The van der Waals surface area contributed by atoms with Crippen molar-refractivity contribution in [2.24, 2.45) is 0 Å². The predicted octanol–water partition coefficient (Wildman–Crippen LogP) is 2.12. The highest BCUT2D eigenvalue weighted by atomic mass is 32.2. The van der Waals surface area contributed by atoms with Crippen molar-refractivity contribution in [1.82, 2.24) is 20.6 Å². The Bertz CT molecular complexity index is 924. The number of aromatic nitrogens is 4. The zero-order chi connectivity index (χ0) is 16.4. The molecule has 2 N–H and O–H groups in total. The maximum Gasteiger partial charge on any atom is 0.261 e. The molecule has 2 aromatic carbocycles. The molecule has 0 atom stereocenters. The van der Waals surface area contributed by atoms with Crippen LogP contribution in [-0.4, -0.2) is 29.0 Å². The maximum absolute atomic E-state index is 13.3. The van der Waals surface area contributed by atoms with Gasteiger partial charge in [0.25, 0.3) is 10.0 Å². The topological polar surface area (TPSA) is 101 Å². The number of H-pyrrole nitrogens is 1. The van der Waals surface area contributed by atoms with Crippen molar-refractivity contribution in [2.75, 3.05) is 4.72 Å². The number of sulfonamides is 1. The first-order chi connectivity index (χ1) is 11.0. The number of hydrogen-bond donors (Lipinski definition) is 2. The van der Waals surface area contributed by atoms with E-state index < -0.39 is 15.8 Å². The average Bonchev–Trinajstić information content (AvgIpc) is 3.04. The number of aryl methyl sites for hydroxylation is 1. The summed E-state index contributed by atoms with van der Waals surface area (Å²) in [6.45, 7) is 1.51. The third-order valence-corrected chi connectivity index (χ3v) is 4.56. The summed E-state index contributed by atoms with van der Waals surface area (Å²) in [5.74, 6) is -0.0398. The summed E-state index contributed by atoms with van der Waals surface area (Å²) in [5.41, 5.74) is 1.33. The Balaban J connectivity index is 1.84. The molecule has 7 nitrogen and oxygen atoms in total. The van der Waals surface area contributed by atoms with Crippen LogP contribution < -0.4 is 4.72 Å². The van der Waals surface area contributed by atoms with E-state index >= 15 is 0 Å². The van der Waals surface area contributed by atoms with Crippen LogP contribution in [0.25, 0.3) is 11.4 Å². The summed E-state index contributed by atoms with van der Waals surface area (Å²) in [7, 11) is -3.79. The van der Waals surface area contributed by atoms with E-state index in [4.69, 9.17) is 0 Å². The van der Waals surface area contributed by atoms with Gasteiger partial charge < -0.3 is 0 Å². The lowest BCUT2D eigenvalue weighted by Crippen LogP contribution is -2.13. The van der Waals surface area contributed by atoms with Crippen molar-refractivity contribution < 1.29 is 12.8 Å². The van der Waals surface area contributed by atoms with E-state index in [1.165, 1.54) is 19.1 Å². The minimum atomic E-state index is -3.79. The highest BCUT2D eigenvalue weighted by Crippen LogP contribution is 2.21. The van der Waals surface area contributed by atoms with Crippen LogP contribution in [0.5, 0.6) is 0 Å². The maximum atomic E-state index is 13.3. The number of nitrogens with one attached hydrogen (secondary N) is 2. The molecule has 0 spiro atoms. The summed E-state index contributed by atoms with van der Waals surface area (Å²) >= 11 is 0. The van der Waals surface area contributed by atoms with Crippen LogP contribution in [0.2, 0.25) is 0 Å². The first-order valence-electron chi connectivity index (χ1n) is 6.58. The van der Waals surface area contributed by atoms with Gasteiger partial charge in [0.05, 0.1) is 4.90 Å². The molecule has 0 unspecified atom stereocenters. The molecule has 23 heavy (non-hydrogen) atoms. The van der Waals surface area contributed by atoms with Crippen LogP contribution in [0.3, 0.4) is 0 Å². The summed E-state index contributed by atoms with van der Waals surface area (Å²) in [6.07, 6.45) is 0. The molecule has 3 aromatic rings. The van der Waals surface area contributed by atoms with E-state index in [0.29, 0.717) is 17.1 Å². The average molecular weight is 333 g/mol. The van der Waals surface area contributed by atoms with Crippen LogP contribution in [0, 0.1) is 12.7 Å². The van der Waals surface area contributed by atoms with Gasteiger partial charge in [-0.3, -0.25) is 4.72 Å². The quantitative estimate of drug-likeness (QED) is 0.761. The molecule has 0 bridgehead atoms. The van der Waals surface area contributed by atoms with Gasteiger partial charge in [0.15, 0.2) is 0 Å². The first-order valence-corrected chi connectivity index (χ1v) is 8.07. The Morgan fingerprint density at radius 2 is 1.87 bits per heavy atom. The van der Waals surface area contributed by atoms with Crippen LogP contribution in [0.15, 0.2) is 47.4 Å². The number of tetrazole rings is 1. The number of nitrogens with zero attached hydrogens (tertiary/aromatic N) is 3. The molecule has 0 aliphatic rings. The van der Waals surface area contributed by atoms with Gasteiger partial charge in [-0.25, -0.2) is 12.8 Å². The number of hydrogen-bond acceptors (Lipinski definition) is 5. The van der Waals surface area contributed by atoms with E-state index in [1.54, 1.807) is 24.3 Å². The summed E-state index contributed by atoms with van der Waals surface area (Å²) in [4.78, 5) is -0.00126. The standard InChI is InChI=1S/C14H12FN5O2S/c1-9-8-12(6-7-13(9)15)23(21,22)18-11-4-2-10(3-5-11)14-16-19-20-17-14/h2-8,18H,1H3,(H,16,17,19,20). The van der Waals surface area contributed by atoms with Crippen molar-refractivity contribution >= 4 is 15.7 Å². The SMILES string of the molecule is Cc1cc(S(=O)(=O)Nc2ccc(-c3nn[nH]n3)cc2)ccc1F.